The fraction of sp³-hybridized carbons (Fsp3) is 0.200. The van der Waals surface area contributed by atoms with E-state index in [1.807, 2.05) is 48.5 Å². The predicted molar refractivity (Wildman–Crippen MR) is 124 cm³/mol. The number of hydrogen-bond donors (Lipinski definition) is 2. The number of hydrogen-bond acceptors (Lipinski definition) is 4. The van der Waals surface area contributed by atoms with Crippen LogP contribution >= 0.6 is 23.2 Å². The molecule has 2 N–H and O–H groups in total. The molecule has 1 fully saturated rings. The first-order chi connectivity index (χ1) is 15.5. The molecular formula is C25H20Cl2N2O3. The highest BCUT2D eigenvalue weighted by atomic mass is 35.5. The minimum Gasteiger partial charge on any atom is -0.468 e. The number of fused-ring (bicyclic) bond motifs is 2. The van der Waals surface area contributed by atoms with Crippen molar-refractivity contribution in [3.8, 4) is 0 Å². The van der Waals surface area contributed by atoms with Gasteiger partial charge < -0.3 is 10.1 Å². The van der Waals surface area contributed by atoms with Crippen molar-refractivity contribution in [1.29, 1.82) is 0 Å². The van der Waals surface area contributed by atoms with E-state index in [0.717, 1.165) is 22.4 Å². The van der Waals surface area contributed by atoms with Gasteiger partial charge in [-0.25, -0.2) is 0 Å². The zero-order valence-electron chi connectivity index (χ0n) is 17.1. The quantitative estimate of drug-likeness (QED) is 0.541. The molecule has 1 saturated heterocycles. The summed E-state index contributed by atoms with van der Waals surface area (Å²) in [5.74, 6) is -1.13. The van der Waals surface area contributed by atoms with Crippen LogP contribution in [0.25, 0.3) is 0 Å². The number of benzene rings is 3. The molecule has 4 atom stereocenters. The molecule has 1 spiro atoms. The molecule has 0 saturated carbocycles. The van der Waals surface area contributed by atoms with Crippen molar-refractivity contribution in [2.75, 3.05) is 12.4 Å². The minimum absolute atomic E-state index is 0.169. The maximum Gasteiger partial charge on any atom is 0.323 e. The van der Waals surface area contributed by atoms with Gasteiger partial charge in [-0.05, 0) is 47.0 Å². The largest absolute Gasteiger partial charge is 0.468 e. The van der Waals surface area contributed by atoms with Gasteiger partial charge in [0, 0.05) is 21.7 Å². The first-order valence-corrected chi connectivity index (χ1v) is 11.0. The van der Waals surface area contributed by atoms with Gasteiger partial charge >= 0.3 is 5.97 Å². The van der Waals surface area contributed by atoms with Crippen molar-refractivity contribution < 1.29 is 14.3 Å². The molecule has 2 heterocycles. The van der Waals surface area contributed by atoms with Crippen LogP contribution in [0.3, 0.4) is 0 Å². The molecule has 162 valence electrons. The highest BCUT2D eigenvalue weighted by molar-refractivity contribution is 6.30. The van der Waals surface area contributed by atoms with Crippen molar-refractivity contribution in [3.05, 3.63) is 99.5 Å². The highest BCUT2D eigenvalue weighted by Gasteiger charge is 2.66. The van der Waals surface area contributed by atoms with Gasteiger partial charge in [-0.3, -0.25) is 14.9 Å². The van der Waals surface area contributed by atoms with E-state index < -0.39 is 29.4 Å². The number of halogens is 2. The van der Waals surface area contributed by atoms with E-state index in [1.54, 1.807) is 24.3 Å². The number of carbonyl (C=O) groups is 2. The Morgan fingerprint density at radius 1 is 0.906 bits per heavy atom. The summed E-state index contributed by atoms with van der Waals surface area (Å²) in [6.45, 7) is 0. The van der Waals surface area contributed by atoms with Crippen LogP contribution in [0.1, 0.15) is 28.7 Å². The normalized spacial score (nSPS) is 26.1. The Morgan fingerprint density at radius 3 is 2.12 bits per heavy atom. The number of esters is 1. The number of nitrogens with one attached hydrogen (secondary N) is 2. The minimum atomic E-state index is -1.09. The van der Waals surface area contributed by atoms with Gasteiger partial charge in [0.1, 0.15) is 11.5 Å². The van der Waals surface area contributed by atoms with Gasteiger partial charge in [0.25, 0.3) is 0 Å². The summed E-state index contributed by atoms with van der Waals surface area (Å²) in [6, 6.07) is 21.0. The summed E-state index contributed by atoms with van der Waals surface area (Å²) in [6.07, 6.45) is 0. The lowest BCUT2D eigenvalue weighted by atomic mass is 9.63. The molecule has 5 nitrogen and oxygen atoms in total. The van der Waals surface area contributed by atoms with Crippen molar-refractivity contribution in [1.82, 2.24) is 5.32 Å². The lowest BCUT2D eigenvalue weighted by molar-refractivity contribution is -0.143. The van der Waals surface area contributed by atoms with Crippen molar-refractivity contribution in [2.45, 2.75) is 23.4 Å². The molecule has 5 rings (SSSR count). The number of carbonyl (C=O) groups excluding carboxylic acids is 2. The second-order valence-corrected chi connectivity index (χ2v) is 8.92. The molecule has 32 heavy (non-hydrogen) atoms. The van der Waals surface area contributed by atoms with Crippen LogP contribution < -0.4 is 10.6 Å². The molecule has 2 aliphatic heterocycles. The van der Waals surface area contributed by atoms with Crippen LogP contribution in [-0.2, 0) is 19.7 Å². The molecule has 0 bridgehead atoms. The summed E-state index contributed by atoms with van der Waals surface area (Å²) in [7, 11) is 1.36. The molecule has 0 unspecified atom stereocenters. The fourth-order valence-electron chi connectivity index (χ4n) is 5.22. The molecule has 7 heteroatoms. The summed E-state index contributed by atoms with van der Waals surface area (Å²) < 4.78 is 5.16. The van der Waals surface area contributed by atoms with Gasteiger partial charge in [0.15, 0.2) is 0 Å². The van der Waals surface area contributed by atoms with Crippen LogP contribution in [0.15, 0.2) is 72.8 Å². The third-order valence-corrected chi connectivity index (χ3v) is 7.01. The maximum atomic E-state index is 13.9. The Labute approximate surface area is 195 Å². The van der Waals surface area contributed by atoms with E-state index in [4.69, 9.17) is 27.9 Å². The van der Waals surface area contributed by atoms with Crippen LogP contribution in [-0.4, -0.2) is 25.0 Å². The van der Waals surface area contributed by atoms with Crippen molar-refractivity contribution in [3.63, 3.8) is 0 Å². The lowest BCUT2D eigenvalue weighted by Gasteiger charge is -2.35. The van der Waals surface area contributed by atoms with Crippen LogP contribution in [0.5, 0.6) is 0 Å². The molecule has 0 aliphatic carbocycles. The SMILES string of the molecule is COC(=O)[C@@H]1N[C@H](c2ccc(Cl)cc2)[C@]2(C(=O)Nc3ccccc32)[C@H]1c1ccc(Cl)cc1. The fourth-order valence-corrected chi connectivity index (χ4v) is 5.47. The van der Waals surface area contributed by atoms with Gasteiger partial charge in [-0.2, -0.15) is 0 Å². The number of ether oxygens (including phenoxy) is 1. The number of rotatable bonds is 3. The van der Waals surface area contributed by atoms with Gasteiger partial charge in [0.2, 0.25) is 5.91 Å². The first kappa shape index (κ1) is 21.0. The average Bonchev–Trinajstić information content (AvgIpc) is 3.31. The van der Waals surface area contributed by atoms with Crippen LogP contribution in [0.4, 0.5) is 5.69 Å². The number of anilines is 1. The molecular weight excluding hydrogens is 447 g/mol. The molecule has 2 aliphatic rings. The monoisotopic (exact) mass is 466 g/mol. The molecule has 0 aromatic heterocycles. The van der Waals surface area contributed by atoms with E-state index in [9.17, 15) is 9.59 Å². The number of para-hydroxylation sites is 1. The third-order valence-electron chi connectivity index (χ3n) is 6.51. The van der Waals surface area contributed by atoms with Crippen molar-refractivity contribution >= 4 is 40.8 Å². The van der Waals surface area contributed by atoms with Gasteiger partial charge in [0.05, 0.1) is 13.2 Å². The zero-order valence-corrected chi connectivity index (χ0v) is 18.7. The first-order valence-electron chi connectivity index (χ1n) is 10.2. The molecule has 3 aromatic carbocycles. The standard InChI is InChI=1S/C25H20Cl2N2O3/c1-32-23(30)21-20(14-6-10-16(26)11-7-14)25(18-4-2-3-5-19(18)28-24(25)31)22(29-21)15-8-12-17(27)13-9-15/h2-13,20-22,29H,1H3,(H,28,31)/t20-,21+,22+,25+/m0/s1. The van der Waals surface area contributed by atoms with E-state index in [1.165, 1.54) is 7.11 Å². The summed E-state index contributed by atoms with van der Waals surface area (Å²) in [5.41, 5.74) is 2.16. The Kier molecular flexibility index (Phi) is 5.20. The Hall–Kier alpha value is -2.86. The van der Waals surface area contributed by atoms with Crippen LogP contribution in [0.2, 0.25) is 10.0 Å². The lowest BCUT2D eigenvalue weighted by Crippen LogP contribution is -2.44. The number of methoxy groups -OCH3 is 1. The van der Waals surface area contributed by atoms with Crippen molar-refractivity contribution in [2.24, 2.45) is 0 Å². The van der Waals surface area contributed by atoms with Crippen LogP contribution in [0, 0.1) is 0 Å². The van der Waals surface area contributed by atoms with E-state index >= 15 is 0 Å². The zero-order chi connectivity index (χ0) is 22.5. The van der Waals surface area contributed by atoms with Gasteiger partial charge in [-0.15, -0.1) is 0 Å². The Morgan fingerprint density at radius 2 is 1.50 bits per heavy atom. The summed E-state index contributed by atoms with van der Waals surface area (Å²) >= 11 is 12.3. The smallest absolute Gasteiger partial charge is 0.323 e. The molecule has 0 radical (unpaired) electrons. The maximum absolute atomic E-state index is 13.9. The second-order valence-electron chi connectivity index (χ2n) is 8.05. The van der Waals surface area contributed by atoms with E-state index in [-0.39, 0.29) is 5.91 Å². The topological polar surface area (TPSA) is 67.4 Å². The summed E-state index contributed by atoms with van der Waals surface area (Å²) in [4.78, 5) is 26.8. The highest BCUT2D eigenvalue weighted by Crippen LogP contribution is 2.59. The second kappa shape index (κ2) is 7.93. The predicted octanol–water partition coefficient (Wildman–Crippen LogP) is 4.85. The van der Waals surface area contributed by atoms with E-state index in [0.29, 0.717) is 10.0 Å². The van der Waals surface area contributed by atoms with Gasteiger partial charge in [-0.1, -0.05) is 65.7 Å². The van der Waals surface area contributed by atoms with E-state index in [2.05, 4.69) is 10.6 Å². The Bertz CT molecular complexity index is 1200. The third kappa shape index (κ3) is 3.04. The number of amides is 1. The Balaban J connectivity index is 1.80. The summed E-state index contributed by atoms with van der Waals surface area (Å²) in [5, 5.41) is 7.65. The molecule has 3 aromatic rings. The average molecular weight is 467 g/mol. The molecule has 1 amide bonds.